The van der Waals surface area contributed by atoms with E-state index in [0.717, 1.165) is 0 Å². The van der Waals surface area contributed by atoms with Gasteiger partial charge in [0, 0.05) is 11.8 Å². The molecule has 0 spiro atoms. The predicted molar refractivity (Wildman–Crippen MR) is 92.1 cm³/mol. The number of allylic oxidation sites excluding steroid dienone is 2. The molecule has 2 atom stereocenters. The maximum absolute atomic E-state index is 12.2. The summed E-state index contributed by atoms with van der Waals surface area (Å²) >= 11 is 18.0. The van der Waals surface area contributed by atoms with Gasteiger partial charge in [-0.05, 0) is 31.4 Å². The van der Waals surface area contributed by atoms with Crippen LogP contribution in [0.2, 0.25) is 15.1 Å². The molecule has 7 heteroatoms. The summed E-state index contributed by atoms with van der Waals surface area (Å²) in [7, 11) is 0. The molecule has 0 aliphatic heterocycles. The highest BCUT2D eigenvalue weighted by Crippen LogP contribution is 2.37. The standard InChI is InChI=1S/C16H16Cl3NO3/c1-3-23-16(22)13-8(2)6-9(7-12(13)21)20-11-5-4-10(17)14(18)15(11)19/h4-5,7-8,13,20H,3,6H2,1-2H3/t8-,13+/m1/s1. The Morgan fingerprint density at radius 3 is 2.61 bits per heavy atom. The molecule has 1 aliphatic carbocycles. The Hall–Kier alpha value is -1.23. The van der Waals surface area contributed by atoms with Crippen molar-refractivity contribution in [1.82, 2.24) is 0 Å². The van der Waals surface area contributed by atoms with Gasteiger partial charge >= 0.3 is 5.97 Å². The molecular formula is C16H16Cl3NO3. The monoisotopic (exact) mass is 375 g/mol. The summed E-state index contributed by atoms with van der Waals surface area (Å²) in [6, 6.07) is 3.30. The Morgan fingerprint density at radius 2 is 2.00 bits per heavy atom. The lowest BCUT2D eigenvalue weighted by atomic mass is 9.82. The highest BCUT2D eigenvalue weighted by molar-refractivity contribution is 6.49. The largest absolute Gasteiger partial charge is 0.465 e. The van der Waals surface area contributed by atoms with Gasteiger partial charge in [0.15, 0.2) is 5.78 Å². The predicted octanol–water partition coefficient (Wildman–Crippen LogP) is 4.73. The Balaban J connectivity index is 2.20. The number of ketones is 1. The first kappa shape index (κ1) is 18.1. The molecular weight excluding hydrogens is 361 g/mol. The number of halogens is 3. The van der Waals surface area contributed by atoms with Crippen LogP contribution in [0.3, 0.4) is 0 Å². The van der Waals surface area contributed by atoms with Crippen LogP contribution in [-0.2, 0) is 14.3 Å². The molecule has 0 heterocycles. The molecule has 1 aliphatic rings. The number of carbonyl (C=O) groups is 2. The zero-order valence-corrected chi connectivity index (χ0v) is 14.9. The Labute approximate surface area is 149 Å². The Kier molecular flexibility index (Phi) is 5.95. The second kappa shape index (κ2) is 7.56. The van der Waals surface area contributed by atoms with E-state index in [2.05, 4.69) is 5.32 Å². The van der Waals surface area contributed by atoms with Crippen LogP contribution in [0.25, 0.3) is 0 Å². The maximum atomic E-state index is 12.2. The van der Waals surface area contributed by atoms with Crippen molar-refractivity contribution < 1.29 is 14.3 Å². The van der Waals surface area contributed by atoms with Crippen molar-refractivity contribution in [2.45, 2.75) is 20.3 Å². The number of hydrogen-bond donors (Lipinski definition) is 1. The Bertz CT molecular complexity index is 673. The molecule has 0 unspecified atom stereocenters. The summed E-state index contributed by atoms with van der Waals surface area (Å²) in [4.78, 5) is 24.1. The molecule has 0 saturated heterocycles. The lowest BCUT2D eigenvalue weighted by Gasteiger charge is -2.26. The van der Waals surface area contributed by atoms with E-state index in [1.54, 1.807) is 19.1 Å². The molecule has 1 aromatic carbocycles. The maximum Gasteiger partial charge on any atom is 0.317 e. The topological polar surface area (TPSA) is 55.4 Å². The highest BCUT2D eigenvalue weighted by atomic mass is 35.5. The van der Waals surface area contributed by atoms with Crippen LogP contribution in [0.5, 0.6) is 0 Å². The second-order valence-corrected chi connectivity index (χ2v) is 6.49. The number of anilines is 1. The van der Waals surface area contributed by atoms with Gasteiger partial charge in [0.25, 0.3) is 0 Å². The third-order valence-corrected chi connectivity index (χ3v) is 4.90. The van der Waals surface area contributed by atoms with Crippen LogP contribution >= 0.6 is 34.8 Å². The van der Waals surface area contributed by atoms with Crippen molar-refractivity contribution in [2.75, 3.05) is 11.9 Å². The lowest BCUT2D eigenvalue weighted by Crippen LogP contribution is -2.35. The van der Waals surface area contributed by atoms with E-state index in [9.17, 15) is 9.59 Å². The number of esters is 1. The van der Waals surface area contributed by atoms with E-state index in [-0.39, 0.29) is 28.4 Å². The summed E-state index contributed by atoms with van der Waals surface area (Å²) < 4.78 is 4.96. The van der Waals surface area contributed by atoms with Gasteiger partial charge in [-0.25, -0.2) is 0 Å². The first-order valence-corrected chi connectivity index (χ1v) is 8.30. The van der Waals surface area contributed by atoms with Crippen LogP contribution in [0.1, 0.15) is 20.3 Å². The molecule has 0 bridgehead atoms. The van der Waals surface area contributed by atoms with Gasteiger partial charge in [-0.2, -0.15) is 0 Å². The van der Waals surface area contributed by atoms with Crippen molar-refractivity contribution in [3.05, 3.63) is 39.0 Å². The molecule has 0 aromatic heterocycles. The van der Waals surface area contributed by atoms with Gasteiger partial charge in [-0.1, -0.05) is 41.7 Å². The fraction of sp³-hybridized carbons (Fsp3) is 0.375. The third-order valence-electron chi connectivity index (χ3n) is 3.60. The van der Waals surface area contributed by atoms with Gasteiger partial charge in [0.05, 0.1) is 27.4 Å². The average Bonchev–Trinajstić information content (AvgIpc) is 2.47. The van der Waals surface area contributed by atoms with Gasteiger partial charge in [0.1, 0.15) is 5.92 Å². The van der Waals surface area contributed by atoms with Crippen LogP contribution in [0.15, 0.2) is 23.9 Å². The van der Waals surface area contributed by atoms with Crippen LogP contribution in [0, 0.1) is 11.8 Å². The minimum absolute atomic E-state index is 0.171. The van der Waals surface area contributed by atoms with Crippen LogP contribution < -0.4 is 5.32 Å². The molecule has 0 saturated carbocycles. The van der Waals surface area contributed by atoms with E-state index in [1.807, 2.05) is 6.92 Å². The molecule has 23 heavy (non-hydrogen) atoms. The van der Waals surface area contributed by atoms with Crippen molar-refractivity contribution in [3.8, 4) is 0 Å². The van der Waals surface area contributed by atoms with Crippen molar-refractivity contribution in [3.63, 3.8) is 0 Å². The molecule has 0 amide bonds. The number of benzene rings is 1. The summed E-state index contributed by atoms with van der Waals surface area (Å²) in [6.07, 6.45) is 1.94. The number of nitrogens with one attached hydrogen (secondary N) is 1. The van der Waals surface area contributed by atoms with Crippen LogP contribution in [0.4, 0.5) is 5.69 Å². The fourth-order valence-corrected chi connectivity index (χ4v) is 3.11. The minimum Gasteiger partial charge on any atom is -0.465 e. The number of rotatable bonds is 4. The van der Waals surface area contributed by atoms with Gasteiger partial charge in [0.2, 0.25) is 0 Å². The summed E-state index contributed by atoms with van der Waals surface area (Å²) in [6.45, 7) is 3.80. The average molecular weight is 377 g/mol. The zero-order valence-electron chi connectivity index (χ0n) is 12.7. The second-order valence-electron chi connectivity index (χ2n) is 5.33. The van der Waals surface area contributed by atoms with Crippen molar-refractivity contribution in [1.29, 1.82) is 0 Å². The summed E-state index contributed by atoms with van der Waals surface area (Å²) in [5.41, 5.74) is 1.23. The molecule has 0 radical (unpaired) electrons. The molecule has 1 aromatic rings. The van der Waals surface area contributed by atoms with E-state index in [0.29, 0.717) is 22.8 Å². The normalized spacial score (nSPS) is 20.9. The molecule has 1 N–H and O–H groups in total. The lowest BCUT2D eigenvalue weighted by molar-refractivity contribution is -0.152. The highest BCUT2D eigenvalue weighted by Gasteiger charge is 2.36. The van der Waals surface area contributed by atoms with Crippen molar-refractivity contribution >= 4 is 52.2 Å². The number of carbonyl (C=O) groups excluding carboxylic acids is 2. The Morgan fingerprint density at radius 1 is 1.30 bits per heavy atom. The van der Waals surface area contributed by atoms with Gasteiger partial charge < -0.3 is 10.1 Å². The zero-order chi connectivity index (χ0) is 17.1. The molecule has 124 valence electrons. The minimum atomic E-state index is -0.759. The molecule has 4 nitrogen and oxygen atoms in total. The molecule has 0 fully saturated rings. The summed E-state index contributed by atoms with van der Waals surface area (Å²) in [5.74, 6) is -1.69. The fourth-order valence-electron chi connectivity index (χ4n) is 2.53. The summed E-state index contributed by atoms with van der Waals surface area (Å²) in [5, 5.41) is 3.97. The van der Waals surface area contributed by atoms with Crippen molar-refractivity contribution in [2.24, 2.45) is 11.8 Å². The van der Waals surface area contributed by atoms with E-state index < -0.39 is 11.9 Å². The first-order valence-electron chi connectivity index (χ1n) is 7.16. The van der Waals surface area contributed by atoms with E-state index >= 15 is 0 Å². The van der Waals surface area contributed by atoms with Gasteiger partial charge in [-0.15, -0.1) is 0 Å². The SMILES string of the molecule is CCOC(=O)[C@@H]1C(=O)C=C(Nc2ccc(Cl)c(Cl)c2Cl)C[C@H]1C. The first-order chi connectivity index (χ1) is 10.8. The number of hydrogen-bond acceptors (Lipinski definition) is 4. The molecule has 2 rings (SSSR count). The smallest absolute Gasteiger partial charge is 0.317 e. The quantitative estimate of drug-likeness (QED) is 0.469. The third kappa shape index (κ3) is 4.00. The van der Waals surface area contributed by atoms with E-state index in [1.165, 1.54) is 6.08 Å². The van der Waals surface area contributed by atoms with E-state index in [4.69, 9.17) is 39.5 Å². The van der Waals surface area contributed by atoms with Gasteiger partial charge in [-0.3, -0.25) is 9.59 Å². The number of ether oxygens (including phenoxy) is 1. The van der Waals surface area contributed by atoms with Crippen LogP contribution in [-0.4, -0.2) is 18.4 Å².